The first-order valence-corrected chi connectivity index (χ1v) is 5.39. The van der Waals surface area contributed by atoms with E-state index in [9.17, 15) is 9.59 Å². The largest absolute Gasteiger partial charge is 0.479 e. The minimum atomic E-state index is -1.94. The van der Waals surface area contributed by atoms with E-state index in [0.29, 0.717) is 6.42 Å². The van der Waals surface area contributed by atoms with E-state index in [-0.39, 0.29) is 12.5 Å². The molecular weight excluding hydrogens is 220 g/mol. The lowest BCUT2D eigenvalue weighted by molar-refractivity contribution is -0.159. The van der Waals surface area contributed by atoms with E-state index in [0.717, 1.165) is 6.42 Å². The van der Waals surface area contributed by atoms with Crippen molar-refractivity contribution >= 4 is 23.5 Å². The van der Waals surface area contributed by atoms with Crippen LogP contribution in [0.5, 0.6) is 0 Å². The van der Waals surface area contributed by atoms with Crippen LogP contribution in [0, 0.1) is 0 Å². The number of carboxylic acid groups (broad SMARTS) is 1. The molecule has 0 amide bonds. The fourth-order valence-corrected chi connectivity index (χ4v) is 1.17. The zero-order valence-corrected chi connectivity index (χ0v) is 10.0. The highest BCUT2D eigenvalue weighted by Gasteiger charge is 2.44. The van der Waals surface area contributed by atoms with Crippen molar-refractivity contribution in [1.82, 2.24) is 0 Å². The van der Waals surface area contributed by atoms with Crippen LogP contribution in [0.25, 0.3) is 0 Å². The normalized spacial score (nSPS) is 16.5. The number of carboxylic acids is 1. The Kier molecular flexibility index (Phi) is 5.65. The summed E-state index contributed by atoms with van der Waals surface area (Å²) in [6, 6.07) is 0. The molecule has 5 heteroatoms. The minimum Gasteiger partial charge on any atom is -0.479 e. The zero-order chi connectivity index (χ0) is 12.1. The number of carbonyl (C=O) groups is 2. The van der Waals surface area contributed by atoms with Crippen molar-refractivity contribution in [2.45, 2.75) is 51.0 Å². The number of alkyl halides is 1. The Morgan fingerprint density at radius 1 is 1.47 bits per heavy atom. The third-order valence-electron chi connectivity index (χ3n) is 2.15. The summed E-state index contributed by atoms with van der Waals surface area (Å²) >= 11 is 5.68. The summed E-state index contributed by atoms with van der Waals surface area (Å²) in [5.74, 6) is -2.24. The van der Waals surface area contributed by atoms with Crippen LogP contribution in [0.2, 0.25) is 0 Å². The molecule has 0 aromatic rings. The smallest absolute Gasteiger partial charge is 0.339 e. The molecule has 0 rings (SSSR count). The van der Waals surface area contributed by atoms with Gasteiger partial charge in [0.15, 0.2) is 0 Å². The number of esters is 1. The second kappa shape index (κ2) is 5.95. The molecule has 2 unspecified atom stereocenters. The van der Waals surface area contributed by atoms with E-state index in [2.05, 4.69) is 0 Å². The molecule has 0 radical (unpaired) electrons. The topological polar surface area (TPSA) is 63.6 Å². The van der Waals surface area contributed by atoms with Crippen molar-refractivity contribution in [3.05, 3.63) is 0 Å². The third-order valence-corrected chi connectivity index (χ3v) is 2.74. The molecule has 0 heterocycles. The molecule has 0 bridgehead atoms. The van der Waals surface area contributed by atoms with Gasteiger partial charge in [-0.1, -0.05) is 31.9 Å². The summed E-state index contributed by atoms with van der Waals surface area (Å²) < 4.78 is 4.96. The molecule has 0 saturated carbocycles. The predicted octanol–water partition coefficient (Wildman–Crippen LogP) is 2.19. The highest BCUT2D eigenvalue weighted by molar-refractivity contribution is 6.44. The fourth-order valence-electron chi connectivity index (χ4n) is 1.12. The van der Waals surface area contributed by atoms with Gasteiger partial charge in [-0.15, -0.1) is 0 Å². The van der Waals surface area contributed by atoms with Gasteiger partial charge in [-0.3, -0.25) is 0 Å². The van der Waals surface area contributed by atoms with Gasteiger partial charge in [0.1, 0.15) is 0 Å². The molecule has 0 aromatic carbocycles. The van der Waals surface area contributed by atoms with E-state index < -0.39 is 16.8 Å². The van der Waals surface area contributed by atoms with Crippen LogP contribution in [0.3, 0.4) is 0 Å². The molecule has 4 nitrogen and oxygen atoms in total. The Hall–Kier alpha value is -0.770. The highest BCUT2D eigenvalue weighted by Crippen LogP contribution is 2.23. The summed E-state index contributed by atoms with van der Waals surface area (Å²) in [6.07, 6.45) is 1.26. The van der Waals surface area contributed by atoms with Gasteiger partial charge in [-0.2, -0.15) is 0 Å². The second-order valence-electron chi connectivity index (χ2n) is 3.46. The maximum Gasteiger partial charge on any atom is 0.339 e. The molecule has 88 valence electrons. The van der Waals surface area contributed by atoms with Crippen molar-refractivity contribution in [3.8, 4) is 0 Å². The first kappa shape index (κ1) is 14.2. The first-order valence-electron chi connectivity index (χ1n) is 5.01. The quantitative estimate of drug-likeness (QED) is 0.436. The standard InChI is InChI=1S/C10H17ClO4/c1-4-6-7(3)15-9(14)10(11,5-2)8(12)13/h7H,4-6H2,1-3H3,(H,12,13). The van der Waals surface area contributed by atoms with Gasteiger partial charge in [0.25, 0.3) is 0 Å². The van der Waals surface area contributed by atoms with Crippen molar-refractivity contribution in [2.75, 3.05) is 0 Å². The van der Waals surface area contributed by atoms with Crippen molar-refractivity contribution in [1.29, 1.82) is 0 Å². The number of aliphatic carboxylic acids is 1. The van der Waals surface area contributed by atoms with Gasteiger partial charge in [0.2, 0.25) is 4.87 Å². The number of hydrogen-bond acceptors (Lipinski definition) is 3. The lowest BCUT2D eigenvalue weighted by Gasteiger charge is -2.21. The average Bonchev–Trinajstić information content (AvgIpc) is 2.16. The molecule has 0 aliphatic carbocycles. The van der Waals surface area contributed by atoms with Gasteiger partial charge in [-0.25, -0.2) is 9.59 Å². The SMILES string of the molecule is CCCC(C)OC(=O)C(Cl)(CC)C(=O)O. The summed E-state index contributed by atoms with van der Waals surface area (Å²) in [5.41, 5.74) is 0. The molecule has 0 aliphatic rings. The van der Waals surface area contributed by atoms with E-state index in [1.54, 1.807) is 6.92 Å². The Morgan fingerprint density at radius 3 is 2.33 bits per heavy atom. The molecular formula is C10H17ClO4. The Balaban J connectivity index is 4.47. The summed E-state index contributed by atoms with van der Waals surface area (Å²) in [5, 5.41) is 8.81. The Labute approximate surface area is 94.6 Å². The Bertz CT molecular complexity index is 242. The van der Waals surface area contributed by atoms with Gasteiger partial charge < -0.3 is 9.84 Å². The average molecular weight is 237 g/mol. The van der Waals surface area contributed by atoms with Crippen molar-refractivity contribution in [2.24, 2.45) is 0 Å². The van der Waals surface area contributed by atoms with Crippen LogP contribution in [-0.2, 0) is 14.3 Å². The summed E-state index contributed by atoms with van der Waals surface area (Å²) in [7, 11) is 0. The molecule has 0 fully saturated rings. The van der Waals surface area contributed by atoms with Crippen LogP contribution in [0.4, 0.5) is 0 Å². The zero-order valence-electron chi connectivity index (χ0n) is 9.25. The molecule has 2 atom stereocenters. The van der Waals surface area contributed by atoms with Crippen LogP contribution in [0.1, 0.15) is 40.0 Å². The number of halogens is 1. The van der Waals surface area contributed by atoms with Crippen LogP contribution in [-0.4, -0.2) is 28.0 Å². The monoisotopic (exact) mass is 236 g/mol. The van der Waals surface area contributed by atoms with Crippen molar-refractivity contribution < 1.29 is 19.4 Å². The molecule has 0 aromatic heterocycles. The number of hydrogen-bond donors (Lipinski definition) is 1. The van der Waals surface area contributed by atoms with Gasteiger partial charge >= 0.3 is 11.9 Å². The van der Waals surface area contributed by atoms with Gasteiger partial charge in [-0.05, 0) is 19.8 Å². The van der Waals surface area contributed by atoms with Crippen molar-refractivity contribution in [3.63, 3.8) is 0 Å². The van der Waals surface area contributed by atoms with Gasteiger partial charge in [0, 0.05) is 0 Å². The lowest BCUT2D eigenvalue weighted by atomic mass is 10.1. The number of ether oxygens (including phenoxy) is 1. The highest BCUT2D eigenvalue weighted by atomic mass is 35.5. The minimum absolute atomic E-state index is 0.00155. The van der Waals surface area contributed by atoms with Crippen LogP contribution in [0.15, 0.2) is 0 Å². The molecule has 0 saturated heterocycles. The maximum absolute atomic E-state index is 11.5. The van der Waals surface area contributed by atoms with Crippen LogP contribution < -0.4 is 0 Å². The fraction of sp³-hybridized carbons (Fsp3) is 0.800. The second-order valence-corrected chi connectivity index (χ2v) is 4.11. The number of carbonyl (C=O) groups excluding carboxylic acids is 1. The summed E-state index contributed by atoms with van der Waals surface area (Å²) in [4.78, 5) is 20.3. The van der Waals surface area contributed by atoms with Gasteiger partial charge in [0.05, 0.1) is 6.10 Å². The van der Waals surface area contributed by atoms with E-state index in [1.807, 2.05) is 6.92 Å². The third kappa shape index (κ3) is 3.70. The maximum atomic E-state index is 11.5. The molecule has 0 spiro atoms. The first-order chi connectivity index (χ1) is 6.88. The predicted molar refractivity (Wildman–Crippen MR) is 57.0 cm³/mol. The van der Waals surface area contributed by atoms with E-state index in [1.165, 1.54) is 6.92 Å². The van der Waals surface area contributed by atoms with E-state index >= 15 is 0 Å². The molecule has 15 heavy (non-hydrogen) atoms. The molecule has 0 aliphatic heterocycles. The molecule has 1 N–H and O–H groups in total. The van der Waals surface area contributed by atoms with E-state index in [4.69, 9.17) is 21.4 Å². The lowest BCUT2D eigenvalue weighted by Crippen LogP contribution is -2.43. The number of rotatable bonds is 6. The Morgan fingerprint density at radius 2 is 2.00 bits per heavy atom. The van der Waals surface area contributed by atoms with Crippen LogP contribution >= 0.6 is 11.6 Å². The summed E-state index contributed by atoms with van der Waals surface area (Å²) in [6.45, 7) is 5.21.